The van der Waals surface area contributed by atoms with Crippen LogP contribution in [0.2, 0.25) is 0 Å². The van der Waals surface area contributed by atoms with E-state index in [2.05, 4.69) is 25.6 Å². The van der Waals surface area contributed by atoms with Crippen molar-refractivity contribution in [3.63, 3.8) is 0 Å². The number of nitrogens with zero attached hydrogens (tertiary/aromatic N) is 4. The Balaban J connectivity index is 1.31. The molecule has 2 aromatic rings. The Morgan fingerprint density at radius 3 is 2.91 bits per heavy atom. The van der Waals surface area contributed by atoms with Crippen molar-refractivity contribution < 1.29 is 9.53 Å². The van der Waals surface area contributed by atoms with Gasteiger partial charge in [0.25, 0.3) is 0 Å². The second kappa shape index (κ2) is 9.42. The quantitative estimate of drug-likeness (QED) is 0.715. The number of nitrogens with one attached hydrogen (secondary N) is 2. The summed E-state index contributed by atoms with van der Waals surface area (Å²) in [6.45, 7) is 3.67. The molecule has 8 nitrogen and oxygen atoms in total. The summed E-state index contributed by atoms with van der Waals surface area (Å²) in [5, 5.41) is 0. The molecule has 3 unspecified atom stereocenters. The summed E-state index contributed by atoms with van der Waals surface area (Å²) in [6, 6.07) is 10.1. The summed E-state index contributed by atoms with van der Waals surface area (Å²) in [7, 11) is 1.65. The van der Waals surface area contributed by atoms with Crippen LogP contribution in [0.5, 0.6) is 5.75 Å². The lowest BCUT2D eigenvalue weighted by atomic mass is 9.90. The van der Waals surface area contributed by atoms with Crippen LogP contribution in [0.3, 0.4) is 0 Å². The minimum absolute atomic E-state index is 0.132. The fourth-order valence-electron chi connectivity index (χ4n) is 5.34. The lowest BCUT2D eigenvalue weighted by Crippen LogP contribution is -2.50. The van der Waals surface area contributed by atoms with E-state index in [0.29, 0.717) is 6.42 Å². The molecule has 3 aliphatic rings. The molecule has 3 saturated heterocycles. The van der Waals surface area contributed by atoms with Gasteiger partial charge in [-0.3, -0.25) is 15.6 Å². The summed E-state index contributed by atoms with van der Waals surface area (Å²) in [5.41, 5.74) is 8.84. The summed E-state index contributed by atoms with van der Waals surface area (Å²) < 4.78 is 5.32. The fourth-order valence-corrected chi connectivity index (χ4v) is 5.34. The Morgan fingerprint density at radius 2 is 2.06 bits per heavy atom. The van der Waals surface area contributed by atoms with Gasteiger partial charge in [0.1, 0.15) is 5.75 Å². The molecule has 4 heterocycles. The van der Waals surface area contributed by atoms with Gasteiger partial charge in [0.05, 0.1) is 25.3 Å². The Bertz CT molecular complexity index is 948. The summed E-state index contributed by atoms with van der Waals surface area (Å²) in [5.74, 6) is 2.00. The third-order valence-electron chi connectivity index (χ3n) is 6.98. The molecular formula is C24H32N6O2. The number of carbonyl (C=O) groups excluding carboxylic acids is 1. The summed E-state index contributed by atoms with van der Waals surface area (Å²) in [6.07, 6.45) is 6.72. The van der Waals surface area contributed by atoms with Crippen LogP contribution in [0.1, 0.15) is 42.9 Å². The molecule has 3 aliphatic heterocycles. The number of amides is 1. The third kappa shape index (κ3) is 4.29. The average Bonchev–Trinajstić information content (AvgIpc) is 3.60. The van der Waals surface area contributed by atoms with Crippen LogP contribution in [0, 0.1) is 0 Å². The molecule has 2 N–H and O–H groups in total. The van der Waals surface area contributed by atoms with Crippen molar-refractivity contribution in [1.82, 2.24) is 25.7 Å². The molecule has 1 aromatic heterocycles. The van der Waals surface area contributed by atoms with Crippen molar-refractivity contribution >= 4 is 11.9 Å². The van der Waals surface area contributed by atoms with E-state index in [-0.39, 0.29) is 23.9 Å². The predicted octanol–water partition coefficient (Wildman–Crippen LogP) is 1.88. The fraction of sp³-hybridized carbons (Fsp3) is 0.542. The van der Waals surface area contributed by atoms with Crippen molar-refractivity contribution in [3.05, 3.63) is 47.8 Å². The van der Waals surface area contributed by atoms with E-state index < -0.39 is 0 Å². The zero-order valence-electron chi connectivity index (χ0n) is 18.7. The molecule has 1 aromatic carbocycles. The van der Waals surface area contributed by atoms with E-state index in [9.17, 15) is 4.79 Å². The molecule has 0 saturated carbocycles. The number of likely N-dealkylation sites (tertiary alicyclic amines) is 1. The van der Waals surface area contributed by atoms with E-state index in [1.54, 1.807) is 7.11 Å². The minimum Gasteiger partial charge on any atom is -0.497 e. The number of methoxy groups -OCH3 is 1. The van der Waals surface area contributed by atoms with E-state index in [0.717, 1.165) is 62.0 Å². The van der Waals surface area contributed by atoms with Crippen molar-refractivity contribution in [2.75, 3.05) is 38.2 Å². The van der Waals surface area contributed by atoms with E-state index in [1.807, 2.05) is 36.5 Å². The number of aromatic nitrogens is 2. The van der Waals surface area contributed by atoms with Crippen LogP contribution in [-0.4, -0.2) is 66.1 Å². The molecule has 1 amide bonds. The van der Waals surface area contributed by atoms with Gasteiger partial charge in [0.15, 0.2) is 0 Å². The van der Waals surface area contributed by atoms with Gasteiger partial charge in [-0.2, -0.15) is 0 Å². The maximum atomic E-state index is 13.3. The molecular weight excluding hydrogens is 404 g/mol. The second-order valence-electron chi connectivity index (χ2n) is 8.96. The van der Waals surface area contributed by atoms with Crippen LogP contribution in [0.25, 0.3) is 0 Å². The Morgan fingerprint density at radius 1 is 1.19 bits per heavy atom. The van der Waals surface area contributed by atoms with Gasteiger partial charge < -0.3 is 14.5 Å². The van der Waals surface area contributed by atoms with E-state index >= 15 is 0 Å². The number of rotatable bonds is 6. The number of benzene rings is 1. The van der Waals surface area contributed by atoms with Crippen molar-refractivity contribution in [3.8, 4) is 5.75 Å². The third-order valence-corrected chi connectivity index (χ3v) is 6.98. The number of anilines is 1. The Labute approximate surface area is 189 Å². The van der Waals surface area contributed by atoms with Gasteiger partial charge in [-0.1, -0.05) is 12.1 Å². The lowest BCUT2D eigenvalue weighted by Gasteiger charge is -2.32. The van der Waals surface area contributed by atoms with Crippen LogP contribution < -0.4 is 20.5 Å². The molecule has 170 valence electrons. The zero-order valence-corrected chi connectivity index (χ0v) is 18.7. The lowest BCUT2D eigenvalue weighted by molar-refractivity contribution is -0.131. The normalized spacial score (nSPS) is 25.5. The number of hydrazine groups is 1. The predicted molar refractivity (Wildman–Crippen MR) is 123 cm³/mol. The highest BCUT2D eigenvalue weighted by Gasteiger charge is 2.42. The largest absolute Gasteiger partial charge is 0.497 e. The molecule has 5 rings (SSSR count). The first kappa shape index (κ1) is 21.2. The molecule has 0 radical (unpaired) electrons. The number of ether oxygens (including phenoxy) is 1. The molecule has 3 atom stereocenters. The van der Waals surface area contributed by atoms with Crippen molar-refractivity contribution in [1.29, 1.82) is 0 Å². The molecule has 32 heavy (non-hydrogen) atoms. The molecule has 0 bridgehead atoms. The second-order valence-corrected chi connectivity index (χ2v) is 8.96. The maximum Gasteiger partial charge on any atom is 0.227 e. The minimum atomic E-state index is 0.132. The van der Waals surface area contributed by atoms with Crippen LogP contribution in [0.4, 0.5) is 5.95 Å². The highest BCUT2D eigenvalue weighted by atomic mass is 16.5. The first-order valence-electron chi connectivity index (χ1n) is 11.7. The smallest absolute Gasteiger partial charge is 0.227 e. The topological polar surface area (TPSA) is 82.6 Å². The summed E-state index contributed by atoms with van der Waals surface area (Å²) >= 11 is 0. The Kier molecular flexibility index (Phi) is 6.23. The van der Waals surface area contributed by atoms with Crippen molar-refractivity contribution in [2.45, 2.75) is 50.1 Å². The zero-order chi connectivity index (χ0) is 21.9. The summed E-state index contributed by atoms with van der Waals surface area (Å²) in [4.78, 5) is 27.0. The van der Waals surface area contributed by atoms with Crippen LogP contribution >= 0.6 is 0 Å². The van der Waals surface area contributed by atoms with Gasteiger partial charge >= 0.3 is 0 Å². The van der Waals surface area contributed by atoms with Gasteiger partial charge in [0.2, 0.25) is 11.9 Å². The Hall–Kier alpha value is -2.71. The molecule has 8 heteroatoms. The van der Waals surface area contributed by atoms with E-state index in [4.69, 9.17) is 9.72 Å². The molecule has 0 spiro atoms. The van der Waals surface area contributed by atoms with Crippen LogP contribution in [0.15, 0.2) is 36.5 Å². The van der Waals surface area contributed by atoms with Gasteiger partial charge in [0, 0.05) is 44.3 Å². The molecule has 0 aliphatic carbocycles. The highest BCUT2D eigenvalue weighted by Crippen LogP contribution is 2.32. The average molecular weight is 437 g/mol. The van der Waals surface area contributed by atoms with Gasteiger partial charge in [-0.15, -0.1) is 0 Å². The number of hydrogen-bond acceptors (Lipinski definition) is 7. The number of hydrogen-bond donors (Lipinski definition) is 2. The SMILES string of the molecule is COc1cccc(CC(=O)N2CCCC2C2NNCC2c2ccnc(N3CCCC3)n2)c1. The van der Waals surface area contributed by atoms with Gasteiger partial charge in [-0.25, -0.2) is 9.97 Å². The van der Waals surface area contributed by atoms with Crippen LogP contribution in [-0.2, 0) is 11.2 Å². The maximum absolute atomic E-state index is 13.3. The van der Waals surface area contributed by atoms with E-state index in [1.165, 1.54) is 12.8 Å². The van der Waals surface area contributed by atoms with Gasteiger partial charge in [-0.05, 0) is 49.4 Å². The monoisotopic (exact) mass is 436 g/mol. The standard InChI is InChI=1S/C24H32N6O2/c1-32-18-7-4-6-17(14-18)15-22(31)30-13-5-8-21(30)23-19(16-26-28-23)20-9-10-25-24(27-20)29-11-2-3-12-29/h4,6-7,9-10,14,19,21,23,26,28H,2-3,5,8,11-13,15-16H2,1H3. The first-order valence-corrected chi connectivity index (χ1v) is 11.7. The number of carbonyl (C=O) groups is 1. The molecule has 3 fully saturated rings. The van der Waals surface area contributed by atoms with Crippen molar-refractivity contribution in [2.24, 2.45) is 0 Å². The first-order chi connectivity index (χ1) is 15.7. The highest BCUT2D eigenvalue weighted by molar-refractivity contribution is 5.79.